The number of methoxy groups -OCH3 is 3. The number of pyridine rings is 1. The number of nitrogens with one attached hydrogen (secondary N) is 1. The summed E-state index contributed by atoms with van der Waals surface area (Å²) in [5.41, 5.74) is 9.89. The summed E-state index contributed by atoms with van der Waals surface area (Å²) in [6.07, 6.45) is 0.185. The Labute approximate surface area is 220 Å². The third-order valence-corrected chi connectivity index (χ3v) is 6.66. The van der Waals surface area contributed by atoms with E-state index in [0.29, 0.717) is 39.2 Å². The van der Waals surface area contributed by atoms with Gasteiger partial charge in [-0.05, 0) is 42.7 Å². The lowest BCUT2D eigenvalue weighted by Crippen LogP contribution is -2.14. The predicted octanol–water partition coefficient (Wildman–Crippen LogP) is 4.84. The maximum Gasteiger partial charge on any atom is 0.225 e. The molecule has 3 N–H and O–H groups in total. The van der Waals surface area contributed by atoms with Crippen molar-refractivity contribution in [1.29, 1.82) is 10.5 Å². The van der Waals surface area contributed by atoms with Crippen LogP contribution in [0.5, 0.6) is 17.2 Å². The number of rotatable bonds is 9. The standard InChI is InChI=1S/C27H27N5O4S/c1-15-7-6-8-16(2)24(15)31-22(33)9-10-37-27-19(14-29)23(18(13-28)26(30)32-27)17-11-20(34-3)25(36-5)21(12-17)35-4/h6-8,11-12H,9-10H2,1-5H3,(H2,30,32)(H,31,33). The first-order chi connectivity index (χ1) is 17.8. The molecule has 0 saturated heterocycles. The number of hydrogen-bond acceptors (Lipinski definition) is 9. The number of nitrogens with zero attached hydrogens (tertiary/aromatic N) is 3. The number of para-hydroxylation sites is 1. The average Bonchev–Trinajstić information content (AvgIpc) is 2.89. The summed E-state index contributed by atoms with van der Waals surface area (Å²) in [5, 5.41) is 23.2. The highest BCUT2D eigenvalue weighted by Crippen LogP contribution is 2.44. The SMILES string of the molecule is COc1cc(-c2c(C#N)c(N)nc(SCCC(=O)Nc3c(C)cccc3C)c2C#N)cc(OC)c1OC. The van der Waals surface area contributed by atoms with E-state index in [2.05, 4.69) is 22.4 Å². The van der Waals surface area contributed by atoms with Crippen molar-refractivity contribution in [2.75, 3.05) is 38.1 Å². The lowest BCUT2D eigenvalue weighted by atomic mass is 9.96. The maximum atomic E-state index is 12.6. The second-order valence-corrected chi connectivity index (χ2v) is 9.06. The van der Waals surface area contributed by atoms with E-state index in [1.165, 1.54) is 33.1 Å². The summed E-state index contributed by atoms with van der Waals surface area (Å²) >= 11 is 1.22. The number of hydrogen-bond donors (Lipinski definition) is 2. The van der Waals surface area contributed by atoms with E-state index in [4.69, 9.17) is 19.9 Å². The summed E-state index contributed by atoms with van der Waals surface area (Å²) in [4.78, 5) is 16.9. The van der Waals surface area contributed by atoms with Crippen LogP contribution >= 0.6 is 11.8 Å². The van der Waals surface area contributed by atoms with Crippen LogP contribution in [-0.2, 0) is 4.79 Å². The number of nitriles is 2. The van der Waals surface area contributed by atoms with Gasteiger partial charge in [0.2, 0.25) is 11.7 Å². The minimum atomic E-state index is -0.158. The minimum Gasteiger partial charge on any atom is -0.493 e. The number of carbonyl (C=O) groups is 1. The molecule has 1 aromatic heterocycles. The molecule has 0 spiro atoms. The number of nitrogen functional groups attached to an aromatic ring is 1. The Hall–Kier alpha value is -4.41. The molecule has 10 heteroatoms. The molecule has 3 rings (SSSR count). The fourth-order valence-electron chi connectivity index (χ4n) is 3.87. The molecule has 9 nitrogen and oxygen atoms in total. The first kappa shape index (κ1) is 27.2. The van der Waals surface area contributed by atoms with Crippen LogP contribution in [0.15, 0.2) is 35.4 Å². The number of amides is 1. The van der Waals surface area contributed by atoms with Crippen LogP contribution in [0, 0.1) is 36.5 Å². The summed E-state index contributed by atoms with van der Waals surface area (Å²) in [6, 6.07) is 13.3. The van der Waals surface area contributed by atoms with Crippen LogP contribution in [0.1, 0.15) is 28.7 Å². The number of ether oxygens (including phenoxy) is 3. The van der Waals surface area contributed by atoms with Gasteiger partial charge in [-0.25, -0.2) is 4.98 Å². The molecule has 0 aliphatic heterocycles. The lowest BCUT2D eigenvalue weighted by Gasteiger charge is -2.17. The molecule has 0 fully saturated rings. The minimum absolute atomic E-state index is 0.0206. The molecular weight excluding hydrogens is 490 g/mol. The molecule has 0 aliphatic rings. The van der Waals surface area contributed by atoms with Crippen LogP contribution in [-0.4, -0.2) is 38.0 Å². The average molecular weight is 518 g/mol. The van der Waals surface area contributed by atoms with E-state index in [0.717, 1.165) is 16.8 Å². The van der Waals surface area contributed by atoms with Crippen molar-refractivity contribution >= 4 is 29.2 Å². The number of nitrogens with two attached hydrogens (primary N) is 1. The first-order valence-corrected chi connectivity index (χ1v) is 12.2. The van der Waals surface area contributed by atoms with Crippen LogP contribution in [0.4, 0.5) is 11.5 Å². The van der Waals surface area contributed by atoms with Crippen LogP contribution in [0.25, 0.3) is 11.1 Å². The van der Waals surface area contributed by atoms with E-state index in [1.54, 1.807) is 12.1 Å². The molecule has 1 heterocycles. The lowest BCUT2D eigenvalue weighted by molar-refractivity contribution is -0.115. The third kappa shape index (κ3) is 5.71. The quantitative estimate of drug-likeness (QED) is 0.381. The van der Waals surface area contributed by atoms with Crippen molar-refractivity contribution in [2.45, 2.75) is 25.3 Å². The van der Waals surface area contributed by atoms with Crippen LogP contribution in [0.3, 0.4) is 0 Å². The molecule has 37 heavy (non-hydrogen) atoms. The number of anilines is 2. The second-order valence-electron chi connectivity index (χ2n) is 7.98. The van der Waals surface area contributed by atoms with Gasteiger partial charge in [-0.3, -0.25) is 4.79 Å². The molecule has 2 aromatic carbocycles. The summed E-state index contributed by atoms with van der Waals surface area (Å²) in [5.74, 6) is 1.26. The first-order valence-electron chi connectivity index (χ1n) is 11.2. The summed E-state index contributed by atoms with van der Waals surface area (Å²) in [6.45, 7) is 3.87. The Kier molecular flexibility index (Phi) is 8.83. The fraction of sp³-hybridized carbons (Fsp3) is 0.259. The third-order valence-electron chi connectivity index (χ3n) is 5.68. The highest BCUT2D eigenvalue weighted by molar-refractivity contribution is 7.99. The van der Waals surface area contributed by atoms with Crippen molar-refractivity contribution in [3.8, 4) is 40.5 Å². The molecule has 3 aromatic rings. The largest absolute Gasteiger partial charge is 0.493 e. The highest BCUT2D eigenvalue weighted by atomic mass is 32.2. The van der Waals surface area contributed by atoms with Crippen molar-refractivity contribution in [3.05, 3.63) is 52.6 Å². The van der Waals surface area contributed by atoms with Gasteiger partial charge in [0.25, 0.3) is 0 Å². The highest BCUT2D eigenvalue weighted by Gasteiger charge is 2.24. The van der Waals surface area contributed by atoms with Gasteiger partial charge in [-0.1, -0.05) is 18.2 Å². The zero-order valence-electron chi connectivity index (χ0n) is 21.3. The Morgan fingerprint density at radius 2 is 1.62 bits per heavy atom. The Balaban J connectivity index is 1.96. The predicted molar refractivity (Wildman–Crippen MR) is 143 cm³/mol. The van der Waals surface area contributed by atoms with Crippen molar-refractivity contribution in [2.24, 2.45) is 0 Å². The molecular formula is C27H27N5O4S. The normalized spacial score (nSPS) is 10.2. The smallest absolute Gasteiger partial charge is 0.225 e. The Morgan fingerprint density at radius 1 is 1.03 bits per heavy atom. The van der Waals surface area contributed by atoms with Gasteiger partial charge in [-0.15, -0.1) is 11.8 Å². The van der Waals surface area contributed by atoms with Gasteiger partial charge in [0.15, 0.2) is 11.5 Å². The number of carbonyl (C=O) groups excluding carboxylic acids is 1. The zero-order chi connectivity index (χ0) is 27.1. The fourth-order valence-corrected chi connectivity index (χ4v) is 4.81. The summed E-state index contributed by atoms with van der Waals surface area (Å²) < 4.78 is 16.3. The zero-order valence-corrected chi connectivity index (χ0v) is 22.1. The molecule has 0 bridgehead atoms. The van der Waals surface area contributed by atoms with Crippen LogP contribution < -0.4 is 25.3 Å². The van der Waals surface area contributed by atoms with E-state index in [1.807, 2.05) is 32.0 Å². The van der Waals surface area contributed by atoms with Gasteiger partial charge in [0.05, 0.1) is 26.9 Å². The molecule has 0 unspecified atom stereocenters. The van der Waals surface area contributed by atoms with E-state index < -0.39 is 0 Å². The molecule has 0 atom stereocenters. The van der Waals surface area contributed by atoms with Crippen molar-refractivity contribution in [3.63, 3.8) is 0 Å². The van der Waals surface area contributed by atoms with Crippen molar-refractivity contribution in [1.82, 2.24) is 4.98 Å². The van der Waals surface area contributed by atoms with Gasteiger partial charge >= 0.3 is 0 Å². The van der Waals surface area contributed by atoms with E-state index >= 15 is 0 Å². The molecule has 0 radical (unpaired) electrons. The second kappa shape index (κ2) is 12.0. The molecule has 190 valence electrons. The number of aryl methyl sites for hydroxylation is 2. The van der Waals surface area contributed by atoms with Gasteiger partial charge < -0.3 is 25.3 Å². The van der Waals surface area contributed by atoms with Gasteiger partial charge in [-0.2, -0.15) is 10.5 Å². The topological polar surface area (TPSA) is 143 Å². The maximum absolute atomic E-state index is 12.6. The van der Waals surface area contributed by atoms with Gasteiger partial charge in [0.1, 0.15) is 28.5 Å². The Bertz CT molecular complexity index is 1380. The molecule has 1 amide bonds. The summed E-state index contributed by atoms with van der Waals surface area (Å²) in [7, 11) is 4.43. The molecule has 0 aliphatic carbocycles. The van der Waals surface area contributed by atoms with E-state index in [9.17, 15) is 15.3 Å². The van der Waals surface area contributed by atoms with Gasteiger partial charge in [0, 0.05) is 23.4 Å². The van der Waals surface area contributed by atoms with Crippen LogP contribution in [0.2, 0.25) is 0 Å². The Morgan fingerprint density at radius 3 is 2.14 bits per heavy atom. The monoisotopic (exact) mass is 517 g/mol. The molecule has 0 saturated carbocycles. The number of thioether (sulfide) groups is 1. The number of benzene rings is 2. The number of aromatic nitrogens is 1. The van der Waals surface area contributed by atoms with E-state index in [-0.39, 0.29) is 29.3 Å². The van der Waals surface area contributed by atoms with Crippen molar-refractivity contribution < 1.29 is 19.0 Å².